The van der Waals surface area contributed by atoms with E-state index in [2.05, 4.69) is 10.2 Å². The molecule has 0 spiro atoms. The number of amides is 2. The Morgan fingerprint density at radius 1 is 0.789 bits per heavy atom. The lowest BCUT2D eigenvalue weighted by Gasteiger charge is -2.36. The monoisotopic (exact) mass is 783 g/mol. The third-order valence-electron chi connectivity index (χ3n) is 10.0. The number of ether oxygens (including phenoxy) is 3. The highest BCUT2D eigenvalue weighted by Gasteiger charge is 2.38. The molecule has 0 bridgehead atoms. The van der Waals surface area contributed by atoms with Crippen molar-refractivity contribution in [3.8, 4) is 17.2 Å². The normalized spacial score (nSPS) is 15.7. The second-order valence-electron chi connectivity index (χ2n) is 13.2. The van der Waals surface area contributed by atoms with Crippen molar-refractivity contribution in [1.82, 2.24) is 14.8 Å². The molecule has 1 saturated heterocycles. The molecule has 2 atom stereocenters. The van der Waals surface area contributed by atoms with Crippen molar-refractivity contribution in [1.29, 1.82) is 0 Å². The SMILES string of the molecule is COc1c2ccc3c(=O)c4cc(C)n(CC(=O)N5CC(C(=O)O)NC(=O)C5C)c(=O)c4c(=O)c3c2c(OCOO)c2c(=O)c3cccc(OCC(=O)O)c3c(=O)c12. The van der Waals surface area contributed by atoms with Gasteiger partial charge in [-0.1, -0.05) is 12.1 Å². The summed E-state index contributed by atoms with van der Waals surface area (Å²) in [6.45, 7) is -0.188. The summed E-state index contributed by atoms with van der Waals surface area (Å²) in [5.41, 5.74) is -4.61. The first-order valence-electron chi connectivity index (χ1n) is 17.0. The molecule has 0 radical (unpaired) electrons. The maximum absolute atomic E-state index is 14.7. The minimum absolute atomic E-state index is 0.0611. The number of pyridine rings is 1. The highest BCUT2D eigenvalue weighted by molar-refractivity contribution is 6.23. The molecule has 2 heterocycles. The Morgan fingerprint density at radius 2 is 1.46 bits per heavy atom. The molecule has 292 valence electrons. The van der Waals surface area contributed by atoms with Crippen molar-refractivity contribution in [3.63, 3.8) is 0 Å². The average Bonchev–Trinajstić information content (AvgIpc) is 3.18. The lowest BCUT2D eigenvalue weighted by Crippen LogP contribution is -2.63. The molecule has 6 aromatic rings. The fourth-order valence-corrected chi connectivity index (χ4v) is 7.44. The summed E-state index contributed by atoms with van der Waals surface area (Å²) in [7, 11) is 1.16. The molecule has 1 aliphatic heterocycles. The number of aryl methyl sites for hydroxylation is 1. The molecule has 2 amide bonds. The Labute approximate surface area is 316 Å². The van der Waals surface area contributed by atoms with Crippen molar-refractivity contribution < 1.29 is 53.7 Å². The zero-order chi connectivity index (χ0) is 41.2. The van der Waals surface area contributed by atoms with Crippen LogP contribution >= 0.6 is 0 Å². The first-order chi connectivity index (χ1) is 27.1. The zero-order valence-electron chi connectivity index (χ0n) is 30.0. The summed E-state index contributed by atoms with van der Waals surface area (Å²) in [5.74, 6) is -5.32. The van der Waals surface area contributed by atoms with Crippen LogP contribution in [0.1, 0.15) is 12.6 Å². The maximum Gasteiger partial charge on any atom is 0.341 e. The average molecular weight is 784 g/mol. The minimum atomic E-state index is -1.42. The minimum Gasteiger partial charge on any atom is -0.495 e. The molecular formula is C38H29N3O16. The lowest BCUT2D eigenvalue weighted by molar-refractivity contribution is -0.278. The smallest absolute Gasteiger partial charge is 0.341 e. The molecule has 1 fully saturated rings. The van der Waals surface area contributed by atoms with Crippen molar-refractivity contribution in [2.75, 3.05) is 27.1 Å². The quantitative estimate of drug-likeness (QED) is 0.0479. The molecule has 0 saturated carbocycles. The standard InChI is InChI=1S/C38H29N3O16/c1-14-9-19-27(37(50)40(14)11-22(42)41-10-20(38(51)52)39-36(49)15(41)2)33(48)25-17(30(19)45)7-8-18-26(25)35(56-13-57-53)28-29(34(18)54-3)32(47)24-16(31(28)46)5-4-6-21(24)55-12-23(43)44/h4-9,15,20,53H,10-13H2,1-3H3,(H,39,49)(H,43,44)(H,51,52). The summed E-state index contributed by atoms with van der Waals surface area (Å²) < 4.78 is 17.6. The lowest BCUT2D eigenvalue weighted by atomic mass is 9.91. The predicted molar refractivity (Wildman–Crippen MR) is 200 cm³/mol. The van der Waals surface area contributed by atoms with Gasteiger partial charge in [0.15, 0.2) is 17.5 Å². The Balaban J connectivity index is 1.56. The molecule has 0 aliphatic carbocycles. The third kappa shape index (κ3) is 5.87. The van der Waals surface area contributed by atoms with Crippen LogP contribution in [0.5, 0.6) is 17.2 Å². The van der Waals surface area contributed by atoms with Gasteiger partial charge in [-0.05, 0) is 38.1 Å². The molecule has 4 N–H and O–H groups in total. The van der Waals surface area contributed by atoms with Gasteiger partial charge in [-0.15, -0.1) is 0 Å². The van der Waals surface area contributed by atoms with E-state index in [0.717, 1.165) is 16.6 Å². The Hall–Kier alpha value is -7.25. The Bertz CT molecular complexity index is 3070. The van der Waals surface area contributed by atoms with E-state index in [1.807, 2.05) is 0 Å². The van der Waals surface area contributed by atoms with Gasteiger partial charge in [0.25, 0.3) is 5.56 Å². The van der Waals surface area contributed by atoms with Crippen LogP contribution in [0, 0.1) is 6.92 Å². The fraction of sp³-hybridized carbons (Fsp3) is 0.237. The number of aromatic nitrogens is 1. The number of carbonyl (C=O) groups is 4. The first-order valence-corrected chi connectivity index (χ1v) is 17.0. The van der Waals surface area contributed by atoms with Gasteiger partial charge in [-0.3, -0.25) is 33.6 Å². The number of nitrogens with one attached hydrogen (secondary N) is 1. The van der Waals surface area contributed by atoms with Crippen LogP contribution < -0.4 is 46.8 Å². The van der Waals surface area contributed by atoms with E-state index >= 15 is 0 Å². The first kappa shape index (κ1) is 38.0. The summed E-state index contributed by atoms with van der Waals surface area (Å²) >= 11 is 0. The molecule has 1 aromatic heterocycles. The zero-order valence-corrected chi connectivity index (χ0v) is 30.0. The topological polar surface area (TPSA) is 271 Å². The van der Waals surface area contributed by atoms with E-state index in [9.17, 15) is 58.6 Å². The number of carbonyl (C=O) groups excluding carboxylic acids is 2. The van der Waals surface area contributed by atoms with Crippen LogP contribution in [-0.2, 0) is 30.6 Å². The van der Waals surface area contributed by atoms with Crippen LogP contribution in [0.2, 0.25) is 0 Å². The van der Waals surface area contributed by atoms with Crippen molar-refractivity contribution in [3.05, 3.63) is 93.3 Å². The maximum atomic E-state index is 14.7. The van der Waals surface area contributed by atoms with Gasteiger partial charge in [0.2, 0.25) is 29.5 Å². The van der Waals surface area contributed by atoms with Crippen molar-refractivity contribution in [2.45, 2.75) is 32.5 Å². The molecule has 19 heteroatoms. The predicted octanol–water partition coefficient (Wildman–Crippen LogP) is 0.337. The number of hydrogen-bond donors (Lipinski definition) is 4. The van der Waals surface area contributed by atoms with Gasteiger partial charge in [0.1, 0.15) is 35.9 Å². The van der Waals surface area contributed by atoms with Gasteiger partial charge in [0.05, 0.1) is 35.2 Å². The number of fused-ring (bicyclic) bond motifs is 6. The molecule has 1 aliphatic rings. The van der Waals surface area contributed by atoms with Crippen LogP contribution in [0.25, 0.3) is 53.9 Å². The van der Waals surface area contributed by atoms with Gasteiger partial charge in [-0.25, -0.2) is 14.8 Å². The number of carboxylic acid groups (broad SMARTS) is 2. The molecule has 57 heavy (non-hydrogen) atoms. The van der Waals surface area contributed by atoms with Crippen LogP contribution in [-0.4, -0.2) is 87.8 Å². The number of rotatable bonds is 10. The van der Waals surface area contributed by atoms with E-state index in [-0.39, 0.29) is 54.9 Å². The summed E-state index contributed by atoms with van der Waals surface area (Å²) in [6.07, 6.45) is 0. The molecule has 7 rings (SSSR count). The van der Waals surface area contributed by atoms with Crippen LogP contribution in [0.3, 0.4) is 0 Å². The van der Waals surface area contributed by atoms with Crippen LogP contribution in [0.4, 0.5) is 0 Å². The number of methoxy groups -OCH3 is 1. The number of aliphatic carboxylic acids is 2. The summed E-state index contributed by atoms with van der Waals surface area (Å²) in [5, 5.41) is 26.8. The summed E-state index contributed by atoms with van der Waals surface area (Å²) in [6, 6.07) is 5.19. The summed E-state index contributed by atoms with van der Waals surface area (Å²) in [4.78, 5) is 126. The number of carboxylic acids is 2. The number of nitrogens with zero attached hydrogens (tertiary/aromatic N) is 2. The van der Waals surface area contributed by atoms with E-state index in [0.29, 0.717) is 0 Å². The fourth-order valence-electron chi connectivity index (χ4n) is 7.44. The second-order valence-corrected chi connectivity index (χ2v) is 13.2. The second kappa shape index (κ2) is 14.1. The number of hydrogen-bond acceptors (Lipinski definition) is 14. The molecule has 19 nitrogen and oxygen atoms in total. The number of piperazine rings is 1. The van der Waals surface area contributed by atoms with Gasteiger partial charge < -0.3 is 39.2 Å². The Morgan fingerprint density at radius 3 is 2.12 bits per heavy atom. The Kier molecular flexibility index (Phi) is 9.42. The molecule has 2 unspecified atom stereocenters. The van der Waals surface area contributed by atoms with Gasteiger partial charge >= 0.3 is 11.9 Å². The van der Waals surface area contributed by atoms with Gasteiger partial charge in [-0.2, -0.15) is 4.89 Å². The van der Waals surface area contributed by atoms with Crippen LogP contribution in [0.15, 0.2) is 60.4 Å². The van der Waals surface area contributed by atoms with E-state index < -0.39 is 112 Å². The molecule has 5 aromatic carbocycles. The van der Waals surface area contributed by atoms with E-state index in [4.69, 9.17) is 14.2 Å². The van der Waals surface area contributed by atoms with Crippen molar-refractivity contribution in [2.24, 2.45) is 0 Å². The number of benzene rings is 5. The highest BCUT2D eigenvalue weighted by Crippen LogP contribution is 2.43. The largest absolute Gasteiger partial charge is 0.495 e. The molecular weight excluding hydrogens is 754 g/mol. The van der Waals surface area contributed by atoms with E-state index in [1.54, 1.807) is 0 Å². The van der Waals surface area contributed by atoms with E-state index in [1.165, 1.54) is 50.2 Å². The van der Waals surface area contributed by atoms with Crippen molar-refractivity contribution >= 4 is 77.6 Å². The third-order valence-corrected chi connectivity index (χ3v) is 10.0. The highest BCUT2D eigenvalue weighted by atomic mass is 17.1. The van der Waals surface area contributed by atoms with Gasteiger partial charge in [0, 0.05) is 38.0 Å².